The van der Waals surface area contributed by atoms with Gasteiger partial charge >= 0.3 is 114 Å². The van der Waals surface area contributed by atoms with Gasteiger partial charge in [0.25, 0.3) is 0 Å². The second-order valence-corrected chi connectivity index (χ2v) is 5.63. The Kier molecular flexibility index (Phi) is 2.40. The van der Waals surface area contributed by atoms with Crippen LogP contribution in [0, 0.1) is 0 Å². The molecule has 5 heteroatoms. The summed E-state index contributed by atoms with van der Waals surface area (Å²) in [6.45, 7) is 0. The van der Waals surface area contributed by atoms with Crippen molar-refractivity contribution < 1.29 is 4.42 Å². The zero-order valence-electron chi connectivity index (χ0n) is 9.85. The van der Waals surface area contributed by atoms with Gasteiger partial charge in [0.2, 0.25) is 0 Å². The van der Waals surface area contributed by atoms with E-state index in [0.29, 0.717) is 5.84 Å². The Hall–Kier alpha value is -2.10. The molecule has 4 nitrogen and oxygen atoms in total. The number of rotatable bonds is 1. The number of hydrogen-bond donors (Lipinski definition) is 0. The molecule has 0 aliphatic rings. The van der Waals surface area contributed by atoms with Gasteiger partial charge in [-0.05, 0) is 0 Å². The van der Waals surface area contributed by atoms with Gasteiger partial charge in [0.15, 0.2) is 0 Å². The maximum atomic E-state index is 5.71. The van der Waals surface area contributed by atoms with E-state index in [2.05, 4.69) is 8.97 Å². The predicted octanol–water partition coefficient (Wildman–Crippen LogP) is 2.37. The van der Waals surface area contributed by atoms with E-state index < -0.39 is 0 Å². The van der Waals surface area contributed by atoms with E-state index in [1.165, 1.54) is 0 Å². The molecule has 0 aliphatic carbocycles. The van der Waals surface area contributed by atoms with Gasteiger partial charge in [0.05, 0.1) is 0 Å². The normalized spacial score (nSPS) is 12.5. The topological polar surface area (TPSA) is 42.8 Å². The van der Waals surface area contributed by atoms with Crippen LogP contribution in [-0.2, 0) is 0 Å². The first-order valence-electron chi connectivity index (χ1n) is 5.87. The zero-order chi connectivity index (χ0) is 12.7. The van der Waals surface area contributed by atoms with Gasteiger partial charge in [0.1, 0.15) is 0 Å². The molecular weight excluding hydrogens is 305 g/mol. The molecule has 0 atom stereocenters. The molecule has 4 aromatic rings. The first-order chi connectivity index (χ1) is 9.42. The van der Waals surface area contributed by atoms with Crippen molar-refractivity contribution in [3.63, 3.8) is 0 Å². The Morgan fingerprint density at radius 1 is 1.00 bits per heavy atom. The molecule has 0 saturated heterocycles. The van der Waals surface area contributed by atoms with Crippen LogP contribution in [0.25, 0.3) is 16.9 Å². The van der Waals surface area contributed by atoms with Gasteiger partial charge in [-0.15, -0.1) is 0 Å². The molecule has 0 bridgehead atoms. The number of oxazole rings is 1. The minimum absolute atomic E-state index is 0.0291. The molecule has 0 unspecified atom stereocenters. The number of benzene rings is 2. The molecule has 0 N–H and O–H groups in total. The molecule has 19 heavy (non-hydrogen) atoms. The number of para-hydroxylation sites is 3. The molecule has 4 rings (SSSR count). The Bertz CT molecular complexity index is 918. The van der Waals surface area contributed by atoms with Crippen molar-refractivity contribution in [2.24, 2.45) is 4.99 Å². The van der Waals surface area contributed by atoms with E-state index in [1.807, 2.05) is 59.0 Å². The summed E-state index contributed by atoms with van der Waals surface area (Å²) in [5.41, 5.74) is 2.81. The monoisotopic (exact) mass is 315 g/mol. The third-order valence-corrected chi connectivity index (χ3v) is 4.31. The minimum atomic E-state index is -0.0291. The Labute approximate surface area is 114 Å². The Morgan fingerprint density at radius 3 is 2.68 bits per heavy atom. The summed E-state index contributed by atoms with van der Waals surface area (Å²) in [6, 6.07) is 17.9. The van der Waals surface area contributed by atoms with Crippen LogP contribution in [0.5, 0.6) is 0 Å². The molecule has 0 aliphatic heterocycles. The van der Waals surface area contributed by atoms with Crippen molar-refractivity contribution in [3.05, 3.63) is 59.0 Å². The van der Waals surface area contributed by atoms with Crippen LogP contribution in [-0.4, -0.2) is 23.1 Å². The summed E-state index contributed by atoms with van der Waals surface area (Å²) < 4.78 is 13.1. The van der Waals surface area contributed by atoms with Crippen molar-refractivity contribution in [2.45, 2.75) is 0 Å². The van der Waals surface area contributed by atoms with Crippen LogP contribution in [0.15, 0.2) is 64.0 Å². The molecule has 2 heterocycles. The molecule has 0 radical (unpaired) electrons. The van der Waals surface area contributed by atoms with Gasteiger partial charge in [-0.3, -0.25) is 0 Å². The Balaban J connectivity index is 2.08. The van der Waals surface area contributed by atoms with Gasteiger partial charge in [-0.25, -0.2) is 0 Å². The van der Waals surface area contributed by atoms with Crippen LogP contribution in [0.4, 0.5) is 5.69 Å². The van der Waals surface area contributed by atoms with Gasteiger partial charge in [-0.2, -0.15) is 0 Å². The zero-order valence-corrected chi connectivity index (χ0v) is 11.6. The van der Waals surface area contributed by atoms with E-state index in [4.69, 9.17) is 4.42 Å². The van der Waals surface area contributed by atoms with Crippen LogP contribution in [0.3, 0.4) is 0 Å². The van der Waals surface area contributed by atoms with E-state index in [-0.39, 0.29) is 14.7 Å². The fourth-order valence-corrected chi connectivity index (χ4v) is 3.46. The third-order valence-electron chi connectivity index (χ3n) is 2.88. The summed E-state index contributed by atoms with van der Waals surface area (Å²) in [7, 11) is 0. The molecule has 2 aromatic carbocycles. The van der Waals surface area contributed by atoms with Crippen LogP contribution >= 0.6 is 0 Å². The van der Waals surface area contributed by atoms with Gasteiger partial charge in [-0.1, -0.05) is 0 Å². The number of nitrogens with zero attached hydrogens (tertiary/aromatic N) is 3. The SMILES string of the molecule is c1ccc(N=c2[se]nc3oc4ccccc4n23)cc1. The average Bonchev–Trinajstić information content (AvgIpc) is 3.00. The molecule has 0 saturated carbocycles. The second kappa shape index (κ2) is 4.23. The summed E-state index contributed by atoms with van der Waals surface area (Å²) in [5.74, 6) is 0.649. The molecule has 2 aromatic heterocycles. The summed E-state index contributed by atoms with van der Waals surface area (Å²) in [5, 5.41) is 0. The predicted molar refractivity (Wildman–Crippen MR) is 73.6 cm³/mol. The summed E-state index contributed by atoms with van der Waals surface area (Å²) >= 11 is -0.0291. The maximum absolute atomic E-state index is 5.71. The number of hydrogen-bond acceptors (Lipinski definition) is 3. The van der Waals surface area contributed by atoms with E-state index >= 15 is 0 Å². The average molecular weight is 314 g/mol. The van der Waals surface area contributed by atoms with Crippen molar-refractivity contribution in [2.75, 3.05) is 0 Å². The molecular formula is C14H9N3OSe. The third kappa shape index (κ3) is 1.75. The van der Waals surface area contributed by atoms with Crippen LogP contribution < -0.4 is 4.36 Å². The first-order valence-corrected chi connectivity index (χ1v) is 7.50. The number of aromatic nitrogens is 2. The first kappa shape index (κ1) is 10.8. The van der Waals surface area contributed by atoms with Gasteiger partial charge in [0, 0.05) is 0 Å². The summed E-state index contributed by atoms with van der Waals surface area (Å²) in [6.07, 6.45) is 0. The number of fused-ring (bicyclic) bond motifs is 3. The second-order valence-electron chi connectivity index (χ2n) is 4.10. The standard InChI is InChI=1S/C14H9N3OSe/c1-2-6-10(7-3-1)15-14-17-11-8-4-5-9-12(11)18-13(17)16-19-14/h1-9H. The molecule has 0 amide bonds. The molecule has 92 valence electrons. The van der Waals surface area contributed by atoms with Crippen molar-refractivity contribution >= 4 is 37.4 Å². The van der Waals surface area contributed by atoms with Crippen molar-refractivity contribution in [1.29, 1.82) is 0 Å². The fourth-order valence-electron chi connectivity index (χ4n) is 2.02. The fraction of sp³-hybridized carbons (Fsp3) is 0. The molecule has 0 spiro atoms. The summed E-state index contributed by atoms with van der Waals surface area (Å²) in [4.78, 5) is 4.68. The Morgan fingerprint density at radius 2 is 1.79 bits per heavy atom. The van der Waals surface area contributed by atoms with Gasteiger partial charge < -0.3 is 0 Å². The van der Waals surface area contributed by atoms with E-state index in [1.54, 1.807) is 0 Å². The van der Waals surface area contributed by atoms with E-state index in [0.717, 1.165) is 21.1 Å². The van der Waals surface area contributed by atoms with Crippen LogP contribution in [0.1, 0.15) is 0 Å². The quantitative estimate of drug-likeness (QED) is 0.506. The van der Waals surface area contributed by atoms with Crippen molar-refractivity contribution in [1.82, 2.24) is 8.38 Å². The molecule has 0 fully saturated rings. The van der Waals surface area contributed by atoms with E-state index in [9.17, 15) is 0 Å². The van der Waals surface area contributed by atoms with Crippen molar-refractivity contribution in [3.8, 4) is 0 Å². The van der Waals surface area contributed by atoms with Crippen LogP contribution in [0.2, 0.25) is 0 Å².